The van der Waals surface area contributed by atoms with Crippen molar-refractivity contribution >= 4 is 28.7 Å². The van der Waals surface area contributed by atoms with E-state index in [4.69, 9.17) is 16.9 Å². The highest BCUT2D eigenvalue weighted by Crippen LogP contribution is 2.33. The zero-order chi connectivity index (χ0) is 18.7. The summed E-state index contributed by atoms with van der Waals surface area (Å²) < 4.78 is 13.4. The Kier molecular flexibility index (Phi) is 9.76. The summed E-state index contributed by atoms with van der Waals surface area (Å²) in [7, 11) is 0. The number of halogens is 2. The van der Waals surface area contributed by atoms with Crippen molar-refractivity contribution in [3.05, 3.63) is 62.9 Å². The maximum Gasteiger partial charge on any atom is 0.294 e. The number of rotatable bonds is 3. The number of nitrogens with zero attached hydrogens (tertiary/aromatic N) is 2. The van der Waals surface area contributed by atoms with Gasteiger partial charge in [0.25, 0.3) is 5.69 Å². The Morgan fingerprint density at radius 1 is 1.17 bits per heavy atom. The number of para-hydroxylation sites is 1. The molecule has 24 heavy (non-hydrogen) atoms. The van der Waals surface area contributed by atoms with Crippen molar-refractivity contribution < 1.29 is 9.31 Å². The molecule has 0 aliphatic carbocycles. The van der Waals surface area contributed by atoms with Crippen LogP contribution in [-0.2, 0) is 0 Å². The fourth-order valence-corrected chi connectivity index (χ4v) is 1.78. The number of anilines is 2. The minimum Gasteiger partial charge on any atom is -0.349 e. The van der Waals surface area contributed by atoms with E-state index in [9.17, 15) is 14.5 Å². The van der Waals surface area contributed by atoms with Gasteiger partial charge in [-0.15, -0.1) is 0 Å². The molecule has 0 unspecified atom stereocenters. The average Bonchev–Trinajstić information content (AvgIpc) is 2.61. The Morgan fingerprint density at radius 3 is 2.29 bits per heavy atom. The van der Waals surface area contributed by atoms with Gasteiger partial charge in [0, 0.05) is 12.1 Å². The summed E-state index contributed by atoms with van der Waals surface area (Å²) in [5.74, 6) is -0.783. The fourth-order valence-electron chi connectivity index (χ4n) is 1.62. The lowest BCUT2D eigenvalue weighted by atomic mass is 10.1. The topological polar surface area (TPSA) is 79.0 Å². The first-order valence-electron chi connectivity index (χ1n) is 7.42. The van der Waals surface area contributed by atoms with E-state index < -0.39 is 10.7 Å². The highest BCUT2D eigenvalue weighted by Gasteiger charge is 2.18. The Morgan fingerprint density at radius 2 is 1.75 bits per heavy atom. The molecule has 0 aliphatic rings. The third-order valence-corrected chi connectivity index (χ3v) is 2.84. The van der Waals surface area contributed by atoms with Gasteiger partial charge in [0.05, 0.1) is 21.2 Å². The lowest BCUT2D eigenvalue weighted by molar-refractivity contribution is -0.383. The second kappa shape index (κ2) is 11.0. The molecule has 0 spiro atoms. The van der Waals surface area contributed by atoms with Crippen molar-refractivity contribution in [1.29, 1.82) is 5.26 Å². The van der Waals surface area contributed by atoms with E-state index in [1.807, 2.05) is 33.8 Å². The number of hydrogen-bond donors (Lipinski definition) is 1. The van der Waals surface area contributed by atoms with Crippen LogP contribution in [0.15, 0.2) is 36.4 Å². The molecular formula is C17H19ClFN3O2. The first-order chi connectivity index (χ1) is 11.5. The molecule has 1 N–H and O–H groups in total. The first-order valence-corrected chi connectivity index (χ1v) is 7.80. The third-order valence-electron chi connectivity index (χ3n) is 2.55. The van der Waals surface area contributed by atoms with Gasteiger partial charge >= 0.3 is 0 Å². The standard InChI is InChI=1S/C13H7ClFN3O2.2C2H6/c14-9-5-13(18(19)20)12(6-10(9)15)17-11-4-2-1-3-8(11)7-16;2*1-2/h1-6,17H;2*1-2H3. The van der Waals surface area contributed by atoms with Crippen molar-refractivity contribution in [2.24, 2.45) is 0 Å². The molecule has 0 amide bonds. The largest absolute Gasteiger partial charge is 0.349 e. The van der Waals surface area contributed by atoms with E-state index in [2.05, 4.69) is 5.32 Å². The maximum atomic E-state index is 13.4. The molecule has 2 aromatic carbocycles. The summed E-state index contributed by atoms with van der Waals surface area (Å²) in [6.45, 7) is 8.00. The molecule has 0 saturated carbocycles. The van der Waals surface area contributed by atoms with Gasteiger partial charge in [0.2, 0.25) is 0 Å². The average molecular weight is 352 g/mol. The monoisotopic (exact) mass is 351 g/mol. The summed E-state index contributed by atoms with van der Waals surface area (Å²) in [5, 5.41) is 22.2. The van der Waals surface area contributed by atoms with Crippen LogP contribution in [0.25, 0.3) is 0 Å². The lowest BCUT2D eigenvalue weighted by Gasteiger charge is -2.09. The number of nitro benzene ring substituents is 1. The van der Waals surface area contributed by atoms with E-state index >= 15 is 0 Å². The van der Waals surface area contributed by atoms with E-state index in [1.165, 1.54) is 0 Å². The third kappa shape index (κ3) is 5.52. The van der Waals surface area contributed by atoms with Crippen molar-refractivity contribution in [3.8, 4) is 6.07 Å². The molecule has 0 fully saturated rings. The number of nitriles is 1. The second-order valence-electron chi connectivity index (χ2n) is 3.82. The Balaban J connectivity index is 0.00000123. The normalized spacial score (nSPS) is 8.71. The molecule has 0 atom stereocenters. The Hall–Kier alpha value is -2.65. The van der Waals surface area contributed by atoms with Crippen LogP contribution in [0.5, 0.6) is 0 Å². The summed E-state index contributed by atoms with van der Waals surface area (Å²) in [4.78, 5) is 10.3. The summed E-state index contributed by atoms with van der Waals surface area (Å²) in [6, 6.07) is 10.2. The molecular weight excluding hydrogens is 333 g/mol. The predicted octanol–water partition coefficient (Wildman–Crippen LogP) is 6.05. The maximum absolute atomic E-state index is 13.4. The molecule has 0 saturated heterocycles. The van der Waals surface area contributed by atoms with Crippen LogP contribution in [0.4, 0.5) is 21.5 Å². The van der Waals surface area contributed by atoms with Gasteiger partial charge in [-0.1, -0.05) is 51.4 Å². The number of benzene rings is 2. The van der Waals surface area contributed by atoms with Crippen molar-refractivity contribution in [2.75, 3.05) is 5.32 Å². The number of nitro groups is 1. The summed E-state index contributed by atoms with van der Waals surface area (Å²) in [6.07, 6.45) is 0. The van der Waals surface area contributed by atoms with E-state index in [0.29, 0.717) is 5.69 Å². The lowest BCUT2D eigenvalue weighted by Crippen LogP contribution is -1.99. The van der Waals surface area contributed by atoms with Gasteiger partial charge in [-0.3, -0.25) is 10.1 Å². The van der Waals surface area contributed by atoms with Crippen molar-refractivity contribution in [3.63, 3.8) is 0 Å². The zero-order valence-electron chi connectivity index (χ0n) is 13.9. The zero-order valence-corrected chi connectivity index (χ0v) is 14.7. The van der Waals surface area contributed by atoms with Crippen LogP contribution < -0.4 is 5.32 Å². The highest BCUT2D eigenvalue weighted by molar-refractivity contribution is 6.31. The molecule has 7 heteroatoms. The molecule has 0 radical (unpaired) electrons. The van der Waals surface area contributed by atoms with Crippen LogP contribution in [0.2, 0.25) is 5.02 Å². The van der Waals surface area contributed by atoms with Crippen LogP contribution in [0.3, 0.4) is 0 Å². The van der Waals surface area contributed by atoms with Gasteiger partial charge in [0.1, 0.15) is 17.6 Å². The Bertz CT molecular complexity index is 730. The predicted molar refractivity (Wildman–Crippen MR) is 95.2 cm³/mol. The van der Waals surface area contributed by atoms with E-state index in [1.54, 1.807) is 24.3 Å². The minimum absolute atomic E-state index is 0.0698. The van der Waals surface area contributed by atoms with Crippen LogP contribution in [0.1, 0.15) is 33.3 Å². The number of hydrogen-bond acceptors (Lipinski definition) is 4. The first kappa shape index (κ1) is 21.4. The van der Waals surface area contributed by atoms with Gasteiger partial charge in [-0.2, -0.15) is 5.26 Å². The smallest absolute Gasteiger partial charge is 0.294 e. The molecule has 5 nitrogen and oxygen atoms in total. The molecule has 0 aliphatic heterocycles. The molecule has 0 heterocycles. The van der Waals surface area contributed by atoms with Gasteiger partial charge in [-0.25, -0.2) is 4.39 Å². The minimum atomic E-state index is -0.783. The van der Waals surface area contributed by atoms with Crippen LogP contribution in [0, 0.1) is 27.3 Å². The summed E-state index contributed by atoms with van der Waals surface area (Å²) >= 11 is 5.53. The fraction of sp³-hybridized carbons (Fsp3) is 0.235. The van der Waals surface area contributed by atoms with Crippen LogP contribution >= 0.6 is 11.6 Å². The number of nitrogens with one attached hydrogen (secondary N) is 1. The van der Waals surface area contributed by atoms with Crippen molar-refractivity contribution in [1.82, 2.24) is 0 Å². The summed E-state index contributed by atoms with van der Waals surface area (Å²) in [5.41, 5.74) is 0.195. The van der Waals surface area contributed by atoms with E-state index in [0.717, 1.165) is 12.1 Å². The van der Waals surface area contributed by atoms with Crippen LogP contribution in [-0.4, -0.2) is 4.92 Å². The van der Waals surface area contributed by atoms with Crippen molar-refractivity contribution in [2.45, 2.75) is 27.7 Å². The molecule has 0 bridgehead atoms. The Labute approximate surface area is 145 Å². The molecule has 0 aromatic heterocycles. The van der Waals surface area contributed by atoms with E-state index in [-0.39, 0.29) is 22.0 Å². The molecule has 2 aromatic rings. The van der Waals surface area contributed by atoms with Gasteiger partial charge in [-0.05, 0) is 12.1 Å². The molecule has 2 rings (SSSR count). The van der Waals surface area contributed by atoms with Gasteiger partial charge < -0.3 is 5.32 Å². The molecule has 128 valence electrons. The highest BCUT2D eigenvalue weighted by atomic mass is 35.5. The second-order valence-corrected chi connectivity index (χ2v) is 4.23. The van der Waals surface area contributed by atoms with Gasteiger partial charge in [0.15, 0.2) is 0 Å². The SMILES string of the molecule is CC.CC.N#Cc1ccccc1Nc1cc(F)c(Cl)cc1[N+](=O)[O-]. The quantitative estimate of drug-likeness (QED) is 0.538.